The van der Waals surface area contributed by atoms with Crippen molar-refractivity contribution in [2.45, 2.75) is 17.7 Å². The normalized spacial score (nSPS) is 15.8. The van der Waals surface area contributed by atoms with Crippen molar-refractivity contribution in [3.63, 3.8) is 0 Å². The number of benzene rings is 2. The number of fused-ring (bicyclic) bond motifs is 1. The highest BCUT2D eigenvalue weighted by molar-refractivity contribution is 7.89. The van der Waals surface area contributed by atoms with E-state index in [2.05, 4.69) is 10.6 Å². The number of nitrogens with one attached hydrogen (secondary N) is 2. The molecule has 2 amide bonds. The zero-order chi connectivity index (χ0) is 21.6. The van der Waals surface area contributed by atoms with E-state index < -0.39 is 10.0 Å². The van der Waals surface area contributed by atoms with Crippen LogP contribution in [0.4, 0.5) is 0 Å². The zero-order valence-corrected chi connectivity index (χ0v) is 17.8. The van der Waals surface area contributed by atoms with Gasteiger partial charge in [-0.3, -0.25) is 9.59 Å². The van der Waals surface area contributed by atoms with Crippen molar-refractivity contribution in [2.24, 2.45) is 5.92 Å². The summed E-state index contributed by atoms with van der Waals surface area (Å²) < 4.78 is 32.3. The Bertz CT molecular complexity index is 1000. The second kappa shape index (κ2) is 10.0. The van der Waals surface area contributed by atoms with Gasteiger partial charge >= 0.3 is 0 Å². The molecule has 1 heterocycles. The van der Waals surface area contributed by atoms with Gasteiger partial charge in [-0.25, -0.2) is 8.42 Å². The Morgan fingerprint density at radius 1 is 1.07 bits per heavy atom. The van der Waals surface area contributed by atoms with Crippen LogP contribution >= 0.6 is 0 Å². The molecule has 0 unspecified atom stereocenters. The van der Waals surface area contributed by atoms with Crippen molar-refractivity contribution in [1.82, 2.24) is 14.9 Å². The van der Waals surface area contributed by atoms with Gasteiger partial charge < -0.3 is 15.4 Å². The standard InChI is InChI=1S/C21H27N3O5S/c1-29-13-10-22-20(25)15-23-21(26)17-8-11-24(12-9-17)30(27,28)19-7-6-16-4-2-3-5-18(16)14-19/h2-7,14,17H,8-13,15H2,1H3,(H,22,25)(H,23,26). The predicted octanol–water partition coefficient (Wildman–Crippen LogP) is 1.12. The predicted molar refractivity (Wildman–Crippen MR) is 113 cm³/mol. The zero-order valence-electron chi connectivity index (χ0n) is 17.0. The summed E-state index contributed by atoms with van der Waals surface area (Å²) in [7, 11) is -2.07. The van der Waals surface area contributed by atoms with Gasteiger partial charge in [-0.05, 0) is 35.7 Å². The number of piperidine rings is 1. The average Bonchev–Trinajstić information content (AvgIpc) is 2.77. The first-order valence-electron chi connectivity index (χ1n) is 9.94. The fraction of sp³-hybridized carbons (Fsp3) is 0.429. The molecule has 1 aliphatic heterocycles. The van der Waals surface area contributed by atoms with Gasteiger partial charge in [0.25, 0.3) is 0 Å². The van der Waals surface area contributed by atoms with Gasteiger partial charge in [0.1, 0.15) is 0 Å². The van der Waals surface area contributed by atoms with Crippen molar-refractivity contribution in [1.29, 1.82) is 0 Å². The molecule has 0 spiro atoms. The van der Waals surface area contributed by atoms with Gasteiger partial charge in [-0.1, -0.05) is 30.3 Å². The van der Waals surface area contributed by atoms with Crippen LogP contribution in [0.25, 0.3) is 10.8 Å². The van der Waals surface area contributed by atoms with Crippen molar-refractivity contribution in [2.75, 3.05) is 39.9 Å². The fourth-order valence-corrected chi connectivity index (χ4v) is 5.01. The van der Waals surface area contributed by atoms with E-state index in [0.717, 1.165) is 10.8 Å². The van der Waals surface area contributed by atoms with Crippen LogP contribution < -0.4 is 10.6 Å². The Morgan fingerprint density at radius 2 is 1.77 bits per heavy atom. The fourth-order valence-electron chi connectivity index (χ4n) is 3.50. The van der Waals surface area contributed by atoms with Gasteiger partial charge in [-0.15, -0.1) is 0 Å². The highest BCUT2D eigenvalue weighted by Crippen LogP contribution is 2.26. The molecule has 2 aromatic rings. The van der Waals surface area contributed by atoms with E-state index in [1.807, 2.05) is 24.3 Å². The summed E-state index contributed by atoms with van der Waals surface area (Å²) in [6, 6.07) is 12.7. The van der Waals surface area contributed by atoms with Crippen molar-refractivity contribution in [3.8, 4) is 0 Å². The Labute approximate surface area is 176 Å². The number of amides is 2. The molecule has 1 aliphatic rings. The van der Waals surface area contributed by atoms with E-state index in [4.69, 9.17) is 4.74 Å². The molecular weight excluding hydrogens is 406 g/mol. The van der Waals surface area contributed by atoms with Crippen LogP contribution in [-0.4, -0.2) is 64.4 Å². The monoisotopic (exact) mass is 433 g/mol. The molecule has 2 N–H and O–H groups in total. The molecule has 0 atom stereocenters. The maximum absolute atomic E-state index is 13.0. The summed E-state index contributed by atoms with van der Waals surface area (Å²) in [6.45, 7) is 1.23. The summed E-state index contributed by atoms with van der Waals surface area (Å²) >= 11 is 0. The number of hydrogen-bond donors (Lipinski definition) is 2. The summed E-state index contributed by atoms with van der Waals surface area (Å²) in [6.07, 6.45) is 0.841. The van der Waals surface area contributed by atoms with E-state index >= 15 is 0 Å². The van der Waals surface area contributed by atoms with Crippen molar-refractivity contribution in [3.05, 3.63) is 42.5 Å². The lowest BCUT2D eigenvalue weighted by Crippen LogP contribution is -2.45. The quantitative estimate of drug-likeness (QED) is 0.607. The smallest absolute Gasteiger partial charge is 0.243 e. The highest BCUT2D eigenvalue weighted by atomic mass is 32.2. The minimum Gasteiger partial charge on any atom is -0.383 e. The Kier molecular flexibility index (Phi) is 7.41. The molecule has 0 aromatic heterocycles. The van der Waals surface area contributed by atoms with Gasteiger partial charge in [0.15, 0.2) is 0 Å². The first kappa shape index (κ1) is 22.2. The minimum absolute atomic E-state index is 0.0991. The van der Waals surface area contributed by atoms with Crippen LogP contribution in [0.1, 0.15) is 12.8 Å². The third kappa shape index (κ3) is 5.35. The maximum atomic E-state index is 13.0. The first-order valence-corrected chi connectivity index (χ1v) is 11.4. The third-order valence-corrected chi connectivity index (χ3v) is 7.13. The van der Waals surface area contributed by atoms with Crippen molar-refractivity contribution >= 4 is 32.6 Å². The topological polar surface area (TPSA) is 105 Å². The lowest BCUT2D eigenvalue weighted by molar-refractivity contribution is -0.129. The maximum Gasteiger partial charge on any atom is 0.243 e. The molecular formula is C21H27N3O5S. The lowest BCUT2D eigenvalue weighted by Gasteiger charge is -2.30. The highest BCUT2D eigenvalue weighted by Gasteiger charge is 2.32. The Balaban J connectivity index is 1.53. The van der Waals surface area contributed by atoms with Crippen LogP contribution in [0.15, 0.2) is 47.4 Å². The van der Waals surface area contributed by atoms with Gasteiger partial charge in [0.2, 0.25) is 21.8 Å². The number of methoxy groups -OCH3 is 1. The first-order chi connectivity index (χ1) is 14.4. The van der Waals surface area contributed by atoms with Crippen LogP contribution in [0, 0.1) is 5.92 Å². The molecule has 0 radical (unpaired) electrons. The van der Waals surface area contributed by atoms with Crippen molar-refractivity contribution < 1.29 is 22.7 Å². The molecule has 1 saturated heterocycles. The number of carbonyl (C=O) groups is 2. The van der Waals surface area contributed by atoms with Gasteiger partial charge in [-0.2, -0.15) is 4.31 Å². The summed E-state index contributed by atoms with van der Waals surface area (Å²) in [4.78, 5) is 24.3. The molecule has 3 rings (SSSR count). The molecule has 1 fully saturated rings. The van der Waals surface area contributed by atoms with Gasteiger partial charge in [0, 0.05) is 32.7 Å². The molecule has 30 heavy (non-hydrogen) atoms. The largest absolute Gasteiger partial charge is 0.383 e. The summed E-state index contributed by atoms with van der Waals surface area (Å²) in [5.41, 5.74) is 0. The van der Waals surface area contributed by atoms with E-state index in [1.54, 1.807) is 25.3 Å². The molecule has 8 nitrogen and oxygen atoms in total. The van der Waals surface area contributed by atoms with Crippen LogP contribution in [0.5, 0.6) is 0 Å². The molecule has 0 bridgehead atoms. The van der Waals surface area contributed by atoms with Crippen LogP contribution in [-0.2, 0) is 24.3 Å². The number of sulfonamides is 1. The molecule has 162 valence electrons. The van der Waals surface area contributed by atoms with E-state index in [0.29, 0.717) is 26.0 Å². The van der Waals surface area contributed by atoms with Gasteiger partial charge in [0.05, 0.1) is 18.0 Å². The molecule has 0 saturated carbocycles. The summed E-state index contributed by atoms with van der Waals surface area (Å²) in [5, 5.41) is 7.11. The SMILES string of the molecule is COCCNC(=O)CNC(=O)C1CCN(S(=O)(=O)c2ccc3ccccc3c2)CC1. The summed E-state index contributed by atoms with van der Waals surface area (Å²) in [5.74, 6) is -0.809. The Morgan fingerprint density at radius 3 is 2.47 bits per heavy atom. The van der Waals surface area contributed by atoms with Crippen LogP contribution in [0.2, 0.25) is 0 Å². The van der Waals surface area contributed by atoms with Crippen LogP contribution in [0.3, 0.4) is 0 Å². The number of ether oxygens (including phenoxy) is 1. The molecule has 0 aliphatic carbocycles. The second-order valence-corrected chi connectivity index (χ2v) is 9.19. The average molecular weight is 434 g/mol. The molecule has 2 aromatic carbocycles. The van der Waals surface area contributed by atoms with E-state index in [9.17, 15) is 18.0 Å². The number of nitrogens with zero attached hydrogens (tertiary/aromatic N) is 1. The van der Waals surface area contributed by atoms with E-state index in [1.165, 1.54) is 4.31 Å². The minimum atomic E-state index is -3.62. The third-order valence-electron chi connectivity index (χ3n) is 5.23. The number of rotatable bonds is 8. The number of hydrogen-bond acceptors (Lipinski definition) is 5. The molecule has 9 heteroatoms. The lowest BCUT2D eigenvalue weighted by atomic mass is 9.97. The second-order valence-electron chi connectivity index (χ2n) is 7.25. The number of carbonyl (C=O) groups excluding carboxylic acids is 2. The Hall–Kier alpha value is -2.49. The van der Waals surface area contributed by atoms with E-state index in [-0.39, 0.29) is 42.3 Å².